The maximum absolute atomic E-state index is 11.7. The standard InChI is InChI=1S/C18H27O3/c1-3-5-6-7-8-9-15-20-21-18(19)17-13-11-16(10-4-2)12-14-17/h11-14H,1,3-10,15H2,2H3. The molecule has 0 saturated carbocycles. The third-order valence-electron chi connectivity index (χ3n) is 3.34. The van der Waals surface area contributed by atoms with Crippen LogP contribution in [0.2, 0.25) is 0 Å². The smallest absolute Gasteiger partial charge is 0.293 e. The molecular formula is C18H27O3. The molecule has 0 unspecified atom stereocenters. The molecule has 1 aromatic carbocycles. The fourth-order valence-electron chi connectivity index (χ4n) is 2.11. The molecule has 0 aliphatic heterocycles. The van der Waals surface area contributed by atoms with Crippen LogP contribution in [0.15, 0.2) is 24.3 Å². The lowest BCUT2D eigenvalue weighted by molar-refractivity contribution is -0.241. The van der Waals surface area contributed by atoms with Crippen LogP contribution in [0.1, 0.15) is 67.8 Å². The second kappa shape index (κ2) is 11.3. The van der Waals surface area contributed by atoms with Crippen LogP contribution in [-0.4, -0.2) is 12.6 Å². The van der Waals surface area contributed by atoms with Gasteiger partial charge in [0.15, 0.2) is 0 Å². The number of rotatable bonds is 11. The zero-order valence-electron chi connectivity index (χ0n) is 13.1. The van der Waals surface area contributed by atoms with Crippen molar-refractivity contribution in [2.24, 2.45) is 0 Å². The van der Waals surface area contributed by atoms with Gasteiger partial charge in [-0.2, -0.15) is 4.89 Å². The maximum atomic E-state index is 11.7. The highest BCUT2D eigenvalue weighted by Gasteiger charge is 2.07. The van der Waals surface area contributed by atoms with Crippen molar-refractivity contribution >= 4 is 5.97 Å². The van der Waals surface area contributed by atoms with E-state index in [1.165, 1.54) is 24.8 Å². The van der Waals surface area contributed by atoms with Gasteiger partial charge in [-0.15, -0.1) is 0 Å². The first kappa shape index (κ1) is 17.7. The van der Waals surface area contributed by atoms with Crippen LogP contribution in [0.5, 0.6) is 0 Å². The van der Waals surface area contributed by atoms with Gasteiger partial charge >= 0.3 is 5.97 Å². The summed E-state index contributed by atoms with van der Waals surface area (Å²) in [6.07, 6.45) is 8.73. The van der Waals surface area contributed by atoms with Crippen molar-refractivity contribution in [1.29, 1.82) is 0 Å². The van der Waals surface area contributed by atoms with Gasteiger partial charge in [0, 0.05) is 0 Å². The Balaban J connectivity index is 2.13. The summed E-state index contributed by atoms with van der Waals surface area (Å²) in [5.41, 5.74) is 1.77. The average molecular weight is 291 g/mol. The summed E-state index contributed by atoms with van der Waals surface area (Å²) in [7, 11) is 0. The Morgan fingerprint density at radius 1 is 1.05 bits per heavy atom. The molecule has 0 bridgehead atoms. The first-order valence-electron chi connectivity index (χ1n) is 8.00. The molecule has 0 spiro atoms. The van der Waals surface area contributed by atoms with Crippen LogP contribution >= 0.6 is 0 Å². The first-order chi connectivity index (χ1) is 10.3. The van der Waals surface area contributed by atoms with Crippen LogP contribution in [0.25, 0.3) is 0 Å². The van der Waals surface area contributed by atoms with Crippen LogP contribution in [-0.2, 0) is 16.2 Å². The van der Waals surface area contributed by atoms with Gasteiger partial charge in [0.25, 0.3) is 0 Å². The lowest BCUT2D eigenvalue weighted by Gasteiger charge is -2.05. The number of carbonyl (C=O) groups excluding carboxylic acids is 1. The van der Waals surface area contributed by atoms with E-state index < -0.39 is 5.97 Å². The van der Waals surface area contributed by atoms with E-state index in [1.54, 1.807) is 12.1 Å². The molecule has 3 heteroatoms. The van der Waals surface area contributed by atoms with E-state index in [2.05, 4.69) is 13.8 Å². The Kier molecular flexibility index (Phi) is 9.55. The van der Waals surface area contributed by atoms with Crippen molar-refractivity contribution in [3.05, 3.63) is 42.3 Å². The van der Waals surface area contributed by atoms with Crippen molar-refractivity contribution in [3.8, 4) is 0 Å². The molecule has 0 aliphatic carbocycles. The third kappa shape index (κ3) is 7.86. The van der Waals surface area contributed by atoms with Gasteiger partial charge in [0.05, 0.1) is 12.2 Å². The van der Waals surface area contributed by atoms with Gasteiger partial charge in [-0.05, 0) is 30.5 Å². The molecule has 1 rings (SSSR count). The zero-order chi connectivity index (χ0) is 15.3. The number of hydrogen-bond donors (Lipinski definition) is 0. The third-order valence-corrected chi connectivity index (χ3v) is 3.34. The molecule has 117 valence electrons. The largest absolute Gasteiger partial charge is 0.373 e. The molecule has 0 amide bonds. The normalized spacial score (nSPS) is 10.6. The SMILES string of the molecule is [CH2]CCCCCCCOOC(=O)c1ccc(CCC)cc1. The van der Waals surface area contributed by atoms with Gasteiger partial charge in [0.1, 0.15) is 0 Å². The lowest BCUT2D eigenvalue weighted by Crippen LogP contribution is -2.07. The highest BCUT2D eigenvalue weighted by Crippen LogP contribution is 2.09. The predicted molar refractivity (Wildman–Crippen MR) is 84.9 cm³/mol. The van der Waals surface area contributed by atoms with Crippen molar-refractivity contribution < 1.29 is 14.6 Å². The highest BCUT2D eigenvalue weighted by atomic mass is 17.2. The van der Waals surface area contributed by atoms with Gasteiger partial charge in [-0.3, -0.25) is 4.89 Å². The molecular weight excluding hydrogens is 264 g/mol. The summed E-state index contributed by atoms with van der Waals surface area (Å²) in [5, 5.41) is 0. The molecule has 3 nitrogen and oxygen atoms in total. The number of carbonyl (C=O) groups is 1. The van der Waals surface area contributed by atoms with E-state index in [0.717, 1.165) is 32.1 Å². The number of unbranched alkanes of at least 4 members (excludes halogenated alkanes) is 5. The first-order valence-corrected chi connectivity index (χ1v) is 8.00. The van der Waals surface area contributed by atoms with Crippen molar-refractivity contribution in [2.75, 3.05) is 6.61 Å². The van der Waals surface area contributed by atoms with E-state index in [0.29, 0.717) is 12.2 Å². The Morgan fingerprint density at radius 3 is 2.38 bits per heavy atom. The predicted octanol–water partition coefficient (Wildman–Crippen LogP) is 4.90. The summed E-state index contributed by atoms with van der Waals surface area (Å²) in [4.78, 5) is 21.5. The Hall–Kier alpha value is -1.35. The molecule has 1 radical (unpaired) electrons. The molecule has 0 N–H and O–H groups in total. The second-order valence-corrected chi connectivity index (χ2v) is 5.26. The zero-order valence-corrected chi connectivity index (χ0v) is 13.1. The molecule has 0 aliphatic rings. The second-order valence-electron chi connectivity index (χ2n) is 5.26. The Bertz CT molecular complexity index is 384. The highest BCUT2D eigenvalue weighted by molar-refractivity contribution is 5.88. The van der Waals surface area contributed by atoms with E-state index in [9.17, 15) is 4.79 Å². The monoisotopic (exact) mass is 291 g/mol. The molecule has 0 fully saturated rings. The topological polar surface area (TPSA) is 35.5 Å². The summed E-state index contributed by atoms with van der Waals surface area (Å²) in [5.74, 6) is -0.421. The maximum Gasteiger partial charge on any atom is 0.373 e. The van der Waals surface area contributed by atoms with Gasteiger partial charge in [0.2, 0.25) is 0 Å². The van der Waals surface area contributed by atoms with Crippen LogP contribution < -0.4 is 0 Å². The number of aryl methyl sites for hydroxylation is 1. The van der Waals surface area contributed by atoms with Crippen molar-refractivity contribution in [3.63, 3.8) is 0 Å². The quantitative estimate of drug-likeness (QED) is 0.330. The fourth-order valence-corrected chi connectivity index (χ4v) is 2.11. The van der Waals surface area contributed by atoms with Crippen LogP contribution in [0.3, 0.4) is 0 Å². The van der Waals surface area contributed by atoms with E-state index >= 15 is 0 Å². The van der Waals surface area contributed by atoms with Gasteiger partial charge in [-0.1, -0.05) is 64.5 Å². The summed E-state index contributed by atoms with van der Waals surface area (Å²) >= 11 is 0. The minimum atomic E-state index is -0.421. The summed E-state index contributed by atoms with van der Waals surface area (Å²) in [6, 6.07) is 7.50. The minimum Gasteiger partial charge on any atom is -0.293 e. The van der Waals surface area contributed by atoms with E-state index in [4.69, 9.17) is 9.78 Å². The van der Waals surface area contributed by atoms with Crippen LogP contribution in [0.4, 0.5) is 0 Å². The number of hydrogen-bond acceptors (Lipinski definition) is 3. The van der Waals surface area contributed by atoms with E-state index in [1.807, 2.05) is 12.1 Å². The Labute approximate surface area is 128 Å². The summed E-state index contributed by atoms with van der Waals surface area (Å²) in [6.45, 7) is 6.41. The molecule has 0 atom stereocenters. The summed E-state index contributed by atoms with van der Waals surface area (Å²) < 4.78 is 0. The molecule has 0 saturated heterocycles. The molecule has 0 heterocycles. The lowest BCUT2D eigenvalue weighted by atomic mass is 10.1. The van der Waals surface area contributed by atoms with E-state index in [-0.39, 0.29) is 0 Å². The van der Waals surface area contributed by atoms with Gasteiger partial charge in [-0.25, -0.2) is 4.79 Å². The van der Waals surface area contributed by atoms with Crippen molar-refractivity contribution in [2.45, 2.75) is 58.3 Å². The van der Waals surface area contributed by atoms with Gasteiger partial charge < -0.3 is 0 Å². The number of benzene rings is 1. The van der Waals surface area contributed by atoms with Crippen molar-refractivity contribution in [1.82, 2.24) is 0 Å². The average Bonchev–Trinajstić information content (AvgIpc) is 2.51. The fraction of sp³-hybridized carbons (Fsp3) is 0.556. The Morgan fingerprint density at radius 2 is 1.71 bits per heavy atom. The minimum absolute atomic E-state index is 0.421. The molecule has 0 aromatic heterocycles. The van der Waals surface area contributed by atoms with Crippen LogP contribution in [0, 0.1) is 6.92 Å². The molecule has 1 aromatic rings. The molecule has 21 heavy (non-hydrogen) atoms.